The van der Waals surface area contributed by atoms with Crippen LogP contribution in [0.3, 0.4) is 0 Å². The highest BCUT2D eigenvalue weighted by Crippen LogP contribution is 2.35. The van der Waals surface area contributed by atoms with Crippen molar-refractivity contribution < 1.29 is 0 Å². The van der Waals surface area contributed by atoms with Crippen LogP contribution >= 0.6 is 11.3 Å². The number of nitrogens with one attached hydrogen (secondary N) is 1. The van der Waals surface area contributed by atoms with Gasteiger partial charge in [0.2, 0.25) is 0 Å². The van der Waals surface area contributed by atoms with Crippen LogP contribution in [0.15, 0.2) is 67.1 Å². The predicted molar refractivity (Wildman–Crippen MR) is 99.1 cm³/mol. The molecule has 4 nitrogen and oxygen atoms in total. The molecule has 0 bridgehead atoms. The van der Waals surface area contributed by atoms with Crippen molar-refractivity contribution in [2.75, 3.05) is 5.32 Å². The van der Waals surface area contributed by atoms with Crippen LogP contribution in [0, 0.1) is 0 Å². The maximum absolute atomic E-state index is 4.44. The fraction of sp³-hybridized carbons (Fsp3) is 0.105. The Morgan fingerprint density at radius 2 is 1.79 bits per heavy atom. The van der Waals surface area contributed by atoms with Crippen LogP contribution in [-0.4, -0.2) is 15.0 Å². The number of fused-ring (bicyclic) bond motifs is 1. The molecule has 0 radical (unpaired) electrons. The molecule has 5 heteroatoms. The first-order valence-corrected chi connectivity index (χ1v) is 8.60. The summed E-state index contributed by atoms with van der Waals surface area (Å²) in [5, 5.41) is 4.50. The van der Waals surface area contributed by atoms with Crippen LogP contribution in [0.5, 0.6) is 0 Å². The van der Waals surface area contributed by atoms with E-state index in [-0.39, 0.29) is 6.04 Å². The summed E-state index contributed by atoms with van der Waals surface area (Å²) in [6.45, 7) is 2.08. The van der Waals surface area contributed by atoms with Crippen LogP contribution in [-0.2, 0) is 0 Å². The smallest absolute Gasteiger partial charge is 0.138 e. The lowest BCUT2D eigenvalue weighted by Crippen LogP contribution is -2.09. The predicted octanol–water partition coefficient (Wildman–Crippen LogP) is 4.93. The van der Waals surface area contributed by atoms with Crippen molar-refractivity contribution in [3.05, 3.63) is 72.8 Å². The molecule has 0 saturated heterocycles. The van der Waals surface area contributed by atoms with Gasteiger partial charge in [0.05, 0.1) is 17.1 Å². The van der Waals surface area contributed by atoms with E-state index in [4.69, 9.17) is 0 Å². The second kappa shape index (κ2) is 6.37. The Morgan fingerprint density at radius 3 is 2.58 bits per heavy atom. The number of benzene rings is 1. The van der Waals surface area contributed by atoms with Gasteiger partial charge < -0.3 is 5.32 Å². The molecule has 4 rings (SSSR count). The summed E-state index contributed by atoms with van der Waals surface area (Å²) in [6.07, 6.45) is 3.42. The number of rotatable bonds is 4. The van der Waals surface area contributed by atoms with E-state index in [0.29, 0.717) is 0 Å². The highest BCUT2D eigenvalue weighted by Gasteiger charge is 2.13. The summed E-state index contributed by atoms with van der Waals surface area (Å²) < 4.78 is 0. The Hall–Kier alpha value is -2.79. The molecular formula is C19H16N4S. The van der Waals surface area contributed by atoms with Gasteiger partial charge in [-0.3, -0.25) is 4.98 Å². The molecule has 0 aliphatic carbocycles. The zero-order chi connectivity index (χ0) is 16.4. The number of nitrogens with zero attached hydrogens (tertiary/aromatic N) is 3. The monoisotopic (exact) mass is 332 g/mol. The Kier molecular flexibility index (Phi) is 3.92. The third-order valence-electron chi connectivity index (χ3n) is 3.87. The number of hydrogen-bond donors (Lipinski definition) is 1. The third-order valence-corrected chi connectivity index (χ3v) is 4.96. The van der Waals surface area contributed by atoms with Crippen LogP contribution in [0.25, 0.3) is 20.7 Å². The van der Waals surface area contributed by atoms with Crippen LogP contribution in [0.2, 0.25) is 0 Å². The number of hydrogen-bond acceptors (Lipinski definition) is 5. The molecule has 118 valence electrons. The summed E-state index contributed by atoms with van der Waals surface area (Å²) in [5.41, 5.74) is 2.19. The Morgan fingerprint density at radius 1 is 0.958 bits per heavy atom. The average Bonchev–Trinajstić information content (AvgIpc) is 3.08. The molecule has 1 aromatic carbocycles. The number of pyridine rings is 1. The zero-order valence-corrected chi connectivity index (χ0v) is 14.0. The standard InChI is InChI=1S/C19H16N4S/c1-13(16-9-5-6-10-20-16)23-18-15-11-17(14-7-3-2-4-8-14)24-19(15)22-12-21-18/h2-13H,1H3,(H,21,22,23). The second-order valence-electron chi connectivity index (χ2n) is 5.54. The normalized spacial score (nSPS) is 12.2. The van der Waals surface area contributed by atoms with Crippen molar-refractivity contribution in [2.24, 2.45) is 0 Å². The van der Waals surface area contributed by atoms with E-state index < -0.39 is 0 Å². The van der Waals surface area contributed by atoms with Crippen molar-refractivity contribution >= 4 is 27.4 Å². The van der Waals surface area contributed by atoms with E-state index in [1.54, 1.807) is 23.9 Å². The van der Waals surface area contributed by atoms with Gasteiger partial charge in [-0.25, -0.2) is 9.97 Å². The fourth-order valence-corrected chi connectivity index (χ4v) is 3.63. The lowest BCUT2D eigenvalue weighted by Gasteiger charge is -2.14. The van der Waals surface area contributed by atoms with Gasteiger partial charge in [-0.15, -0.1) is 11.3 Å². The Bertz CT molecular complexity index is 951. The molecule has 24 heavy (non-hydrogen) atoms. The highest BCUT2D eigenvalue weighted by atomic mass is 32.1. The number of thiophene rings is 1. The maximum Gasteiger partial charge on any atom is 0.138 e. The lowest BCUT2D eigenvalue weighted by atomic mass is 10.2. The van der Waals surface area contributed by atoms with E-state index >= 15 is 0 Å². The minimum Gasteiger partial charge on any atom is -0.361 e. The zero-order valence-electron chi connectivity index (χ0n) is 13.2. The van der Waals surface area contributed by atoms with Gasteiger partial charge in [0.1, 0.15) is 17.0 Å². The minimum atomic E-state index is 0.0735. The Balaban J connectivity index is 1.70. The molecule has 1 N–H and O–H groups in total. The van der Waals surface area contributed by atoms with Gasteiger partial charge in [-0.05, 0) is 30.7 Å². The van der Waals surface area contributed by atoms with E-state index in [1.807, 2.05) is 36.4 Å². The SMILES string of the molecule is CC(Nc1ncnc2sc(-c3ccccc3)cc12)c1ccccn1. The molecule has 4 aromatic rings. The number of anilines is 1. The van der Waals surface area contributed by atoms with Crippen molar-refractivity contribution in [1.29, 1.82) is 0 Å². The third kappa shape index (κ3) is 2.86. The molecule has 1 atom stereocenters. The van der Waals surface area contributed by atoms with Crippen LogP contribution < -0.4 is 5.32 Å². The van der Waals surface area contributed by atoms with Gasteiger partial charge in [0.15, 0.2) is 0 Å². The summed E-state index contributed by atoms with van der Waals surface area (Å²) in [6, 6.07) is 18.5. The topological polar surface area (TPSA) is 50.7 Å². The minimum absolute atomic E-state index is 0.0735. The van der Waals surface area contributed by atoms with Gasteiger partial charge in [0.25, 0.3) is 0 Å². The van der Waals surface area contributed by atoms with Crippen molar-refractivity contribution in [3.63, 3.8) is 0 Å². The summed E-state index contributed by atoms with van der Waals surface area (Å²) in [4.78, 5) is 15.4. The van der Waals surface area contributed by atoms with Crippen molar-refractivity contribution in [1.82, 2.24) is 15.0 Å². The Labute approximate surface area is 144 Å². The lowest BCUT2D eigenvalue weighted by molar-refractivity contribution is 0.833. The molecule has 0 spiro atoms. The molecule has 3 aromatic heterocycles. The molecule has 0 amide bonds. The molecule has 3 heterocycles. The van der Waals surface area contributed by atoms with E-state index in [9.17, 15) is 0 Å². The van der Waals surface area contributed by atoms with Crippen LogP contribution in [0.4, 0.5) is 5.82 Å². The van der Waals surface area contributed by atoms with Gasteiger partial charge >= 0.3 is 0 Å². The van der Waals surface area contributed by atoms with E-state index in [1.165, 1.54) is 10.4 Å². The quantitative estimate of drug-likeness (QED) is 0.576. The van der Waals surface area contributed by atoms with Crippen molar-refractivity contribution in [3.8, 4) is 10.4 Å². The number of aromatic nitrogens is 3. The highest BCUT2D eigenvalue weighted by molar-refractivity contribution is 7.21. The summed E-state index contributed by atoms with van der Waals surface area (Å²) in [5.74, 6) is 0.844. The van der Waals surface area contributed by atoms with E-state index in [2.05, 4.69) is 45.4 Å². The van der Waals surface area contributed by atoms with E-state index in [0.717, 1.165) is 21.7 Å². The molecule has 0 fully saturated rings. The first-order valence-electron chi connectivity index (χ1n) is 7.79. The molecule has 1 unspecified atom stereocenters. The van der Waals surface area contributed by atoms with Gasteiger partial charge in [-0.2, -0.15) is 0 Å². The maximum atomic E-state index is 4.44. The fourth-order valence-electron chi connectivity index (χ4n) is 2.63. The largest absolute Gasteiger partial charge is 0.361 e. The van der Waals surface area contributed by atoms with Crippen LogP contribution in [0.1, 0.15) is 18.7 Å². The molecule has 0 saturated carbocycles. The summed E-state index contributed by atoms with van der Waals surface area (Å²) >= 11 is 1.68. The molecular weight excluding hydrogens is 316 g/mol. The van der Waals surface area contributed by atoms with Crippen molar-refractivity contribution in [2.45, 2.75) is 13.0 Å². The average molecular weight is 332 g/mol. The first kappa shape index (κ1) is 14.8. The van der Waals surface area contributed by atoms with Gasteiger partial charge in [-0.1, -0.05) is 36.4 Å². The molecule has 0 aliphatic heterocycles. The second-order valence-corrected chi connectivity index (χ2v) is 6.57. The molecule has 0 aliphatic rings. The van der Waals surface area contributed by atoms with Gasteiger partial charge in [0, 0.05) is 11.1 Å². The summed E-state index contributed by atoms with van der Waals surface area (Å²) in [7, 11) is 0. The first-order chi connectivity index (χ1) is 11.8.